The summed E-state index contributed by atoms with van der Waals surface area (Å²) in [7, 11) is -2.07. The molecule has 64 heavy (non-hydrogen) atoms. The number of hydrogen-bond acceptors (Lipinski definition) is 15. The summed E-state index contributed by atoms with van der Waals surface area (Å²) in [4.78, 5) is 66.7. The van der Waals surface area contributed by atoms with E-state index in [9.17, 15) is 23.7 Å². The Balaban J connectivity index is 1.30. The number of rotatable bonds is 21. The number of fused-ring (bicyclic) bond motifs is 1. The van der Waals surface area contributed by atoms with E-state index in [1.807, 2.05) is 71.2 Å². The molecule has 0 radical (unpaired) electrons. The second-order valence-electron chi connectivity index (χ2n) is 18.7. The average molecular weight is 925 g/mol. The molecule has 0 spiro atoms. The highest BCUT2D eigenvalue weighted by molar-refractivity contribution is 7.60. The van der Waals surface area contributed by atoms with Gasteiger partial charge in [-0.3, -0.25) is 23.5 Å². The minimum absolute atomic E-state index is 0.0418. The molecule has 1 N–H and O–H groups in total. The molecule has 3 fully saturated rings. The first-order chi connectivity index (χ1) is 30.4. The zero-order valence-corrected chi connectivity index (χ0v) is 40.2. The van der Waals surface area contributed by atoms with Crippen LogP contribution in [-0.4, -0.2) is 102 Å². The van der Waals surface area contributed by atoms with Crippen molar-refractivity contribution < 1.29 is 52.0 Å². The molecule has 6 rings (SSSR count). The fourth-order valence-corrected chi connectivity index (χ4v) is 11.8. The third kappa shape index (κ3) is 11.6. The van der Waals surface area contributed by atoms with E-state index in [2.05, 4.69) is 11.9 Å². The van der Waals surface area contributed by atoms with Crippen molar-refractivity contribution in [2.24, 2.45) is 17.3 Å². The van der Waals surface area contributed by atoms with Crippen LogP contribution in [0, 0.1) is 17.3 Å². The first kappa shape index (κ1) is 48.9. The number of methoxy groups -OCH3 is 1. The standard InChI is InChI=1S/C47H65N4O11PS/c1-10-12-19-58-45(55)59-28-60-63(9,56)47(24-30(47)11-2)25-40(52)39-21-33(26-51(39)43(54)35(46(5,6)7)22-42(53)62-31-15-13-14-16-31)61-41-23-37(38-27-64-44(50-38)48-29(3)4)49-36-20-32(57-8)17-18-34(36)41/h11,17-18,20,23,27,29-31,33,35,39H,2,10,12-16,19,21-22,24-26,28H2,1,3-9H3,(H,48,50)/t30-,33-,35-,39+,47-,63?/m1/s1. The van der Waals surface area contributed by atoms with Crippen molar-refractivity contribution in [3.8, 4) is 22.9 Å². The summed E-state index contributed by atoms with van der Waals surface area (Å²) < 4.78 is 48.5. The Labute approximate surface area is 380 Å². The molecule has 1 saturated heterocycles. The second kappa shape index (κ2) is 20.8. The van der Waals surface area contributed by atoms with Crippen LogP contribution in [0.2, 0.25) is 0 Å². The molecular weight excluding hydrogens is 860 g/mol. The lowest BCUT2D eigenvalue weighted by molar-refractivity contribution is -0.156. The fraction of sp³-hybridized carbons (Fsp3) is 0.617. The number of ketones is 1. The highest BCUT2D eigenvalue weighted by Gasteiger charge is 2.65. The number of anilines is 1. The summed E-state index contributed by atoms with van der Waals surface area (Å²) >= 11 is 1.47. The molecule has 3 aliphatic rings. The largest absolute Gasteiger partial charge is 0.510 e. The van der Waals surface area contributed by atoms with Crippen LogP contribution in [0.25, 0.3) is 22.3 Å². The number of carbonyl (C=O) groups is 4. The number of aromatic nitrogens is 2. The Bertz CT molecular complexity index is 2220. The summed E-state index contributed by atoms with van der Waals surface area (Å²) in [6, 6.07) is 6.51. The van der Waals surface area contributed by atoms with E-state index in [0.717, 1.165) is 37.2 Å². The van der Waals surface area contributed by atoms with Crippen molar-refractivity contribution in [3.63, 3.8) is 0 Å². The molecule has 2 saturated carbocycles. The number of unbranched alkanes of at least 4 members (excludes halogenated alkanes) is 1. The maximum absolute atomic E-state index is 15.0. The minimum Gasteiger partial charge on any atom is -0.497 e. The topological polar surface area (TPSA) is 182 Å². The van der Waals surface area contributed by atoms with Crippen LogP contribution in [0.3, 0.4) is 0 Å². The van der Waals surface area contributed by atoms with Crippen molar-refractivity contribution in [2.75, 3.05) is 39.0 Å². The Morgan fingerprint density at radius 1 is 1.08 bits per heavy atom. The molecule has 1 amide bonds. The average Bonchev–Trinajstić information content (AvgIpc) is 3.63. The van der Waals surface area contributed by atoms with E-state index in [-0.39, 0.29) is 62.2 Å². The van der Waals surface area contributed by atoms with Gasteiger partial charge >= 0.3 is 12.1 Å². The summed E-state index contributed by atoms with van der Waals surface area (Å²) in [6.45, 7) is 16.7. The predicted molar refractivity (Wildman–Crippen MR) is 246 cm³/mol. The molecule has 0 bridgehead atoms. The van der Waals surface area contributed by atoms with Crippen LogP contribution in [0.1, 0.15) is 106 Å². The van der Waals surface area contributed by atoms with E-state index >= 15 is 0 Å². The summed E-state index contributed by atoms with van der Waals surface area (Å²) in [5, 5.41) is 5.57. The normalized spacial score (nSPS) is 22.5. The number of nitrogens with zero attached hydrogens (tertiary/aromatic N) is 3. The number of likely N-dealkylation sites (tertiary alicyclic amines) is 1. The van der Waals surface area contributed by atoms with Gasteiger partial charge in [-0.25, -0.2) is 14.8 Å². The molecule has 350 valence electrons. The predicted octanol–water partition coefficient (Wildman–Crippen LogP) is 9.81. The molecule has 3 aromatic rings. The Kier molecular flexibility index (Phi) is 15.9. The fourth-order valence-electron chi connectivity index (χ4n) is 8.72. The van der Waals surface area contributed by atoms with E-state index in [1.165, 1.54) is 18.0 Å². The highest BCUT2D eigenvalue weighted by Crippen LogP contribution is 2.73. The molecule has 17 heteroatoms. The molecule has 6 atom stereocenters. The van der Waals surface area contributed by atoms with Gasteiger partial charge in [0.05, 0.1) is 55.0 Å². The monoisotopic (exact) mass is 924 g/mol. The van der Waals surface area contributed by atoms with Gasteiger partial charge in [-0.05, 0) is 75.8 Å². The second-order valence-corrected chi connectivity index (χ2v) is 22.4. The van der Waals surface area contributed by atoms with Gasteiger partial charge in [0.15, 0.2) is 10.9 Å². The van der Waals surface area contributed by atoms with Gasteiger partial charge in [-0.15, -0.1) is 17.9 Å². The number of Topliss-reactive ketones (excluding diaryl/α,β-unsaturated/α-hetero) is 1. The van der Waals surface area contributed by atoms with Crippen LogP contribution in [-0.2, 0) is 37.7 Å². The zero-order chi connectivity index (χ0) is 46.4. The molecule has 3 heterocycles. The van der Waals surface area contributed by atoms with E-state index < -0.39 is 54.9 Å². The van der Waals surface area contributed by atoms with Crippen LogP contribution in [0.4, 0.5) is 9.93 Å². The van der Waals surface area contributed by atoms with Gasteiger partial charge in [-0.2, -0.15) is 0 Å². The van der Waals surface area contributed by atoms with Crippen LogP contribution < -0.4 is 14.8 Å². The molecule has 2 aliphatic carbocycles. The molecule has 2 aromatic heterocycles. The number of nitrogens with one attached hydrogen (secondary N) is 1. The molecule has 1 unspecified atom stereocenters. The Hall–Kier alpha value is -4.53. The number of esters is 1. The Morgan fingerprint density at radius 2 is 1.83 bits per heavy atom. The molecule has 1 aliphatic heterocycles. The molecule has 15 nitrogen and oxygen atoms in total. The SMILES string of the molecule is C=C[C@@H]1C[C@]1(CC(=O)[C@@H]1C[C@@H](Oc2cc(-c3csc(NC(C)C)n3)nc3cc(OC)ccc23)CN1C(=O)[C@@H](CC(=O)OC1CCCC1)C(C)(C)C)P(C)(=O)OCOC(=O)OCCCC. The van der Waals surface area contributed by atoms with Crippen LogP contribution in [0.15, 0.2) is 42.3 Å². The number of ether oxygens (including phenoxy) is 5. The third-order valence-corrected chi connectivity index (χ3v) is 16.2. The lowest BCUT2D eigenvalue weighted by Crippen LogP contribution is -2.48. The maximum atomic E-state index is 15.0. The van der Waals surface area contributed by atoms with Crippen molar-refractivity contribution in [2.45, 2.75) is 135 Å². The van der Waals surface area contributed by atoms with Gasteiger partial charge in [0.2, 0.25) is 20.1 Å². The number of thiazole rings is 1. The van der Waals surface area contributed by atoms with Crippen molar-refractivity contribution in [3.05, 3.63) is 42.3 Å². The summed E-state index contributed by atoms with van der Waals surface area (Å²) in [6.07, 6.45) is 5.10. The summed E-state index contributed by atoms with van der Waals surface area (Å²) in [5.41, 5.74) is 1.14. The number of benzene rings is 1. The molecule has 1 aromatic carbocycles. The van der Waals surface area contributed by atoms with E-state index in [4.69, 9.17) is 38.2 Å². The first-order valence-electron chi connectivity index (χ1n) is 22.4. The number of amides is 1. The number of allylic oxidation sites excluding steroid dienone is 1. The lowest BCUT2D eigenvalue weighted by atomic mass is 9.77. The maximum Gasteiger partial charge on any atom is 0.510 e. The van der Waals surface area contributed by atoms with Gasteiger partial charge < -0.3 is 33.9 Å². The minimum atomic E-state index is -3.65. The van der Waals surface area contributed by atoms with Crippen molar-refractivity contribution in [1.29, 1.82) is 0 Å². The van der Waals surface area contributed by atoms with Crippen LogP contribution >= 0.6 is 18.7 Å². The smallest absolute Gasteiger partial charge is 0.497 e. The van der Waals surface area contributed by atoms with Crippen molar-refractivity contribution in [1.82, 2.24) is 14.9 Å². The van der Waals surface area contributed by atoms with E-state index in [1.54, 1.807) is 18.1 Å². The molecular formula is C47H65N4O11PS. The highest BCUT2D eigenvalue weighted by atomic mass is 32.1. The van der Waals surface area contributed by atoms with Gasteiger partial charge in [0.25, 0.3) is 0 Å². The zero-order valence-electron chi connectivity index (χ0n) is 38.5. The number of pyridine rings is 1. The lowest BCUT2D eigenvalue weighted by Gasteiger charge is -2.35. The van der Waals surface area contributed by atoms with Gasteiger partial charge in [0.1, 0.15) is 29.4 Å². The quantitative estimate of drug-likeness (QED) is 0.0350. The van der Waals surface area contributed by atoms with Gasteiger partial charge in [-0.1, -0.05) is 40.2 Å². The van der Waals surface area contributed by atoms with Crippen molar-refractivity contribution >= 4 is 58.6 Å². The number of hydrogen-bond donors (Lipinski definition) is 1. The van der Waals surface area contributed by atoms with E-state index in [0.29, 0.717) is 46.6 Å². The van der Waals surface area contributed by atoms with Crippen LogP contribution in [0.5, 0.6) is 11.5 Å². The Morgan fingerprint density at radius 3 is 2.48 bits per heavy atom. The third-order valence-electron chi connectivity index (χ3n) is 12.6. The van der Waals surface area contributed by atoms with Gasteiger partial charge in [0, 0.05) is 48.4 Å². The first-order valence-corrected chi connectivity index (χ1v) is 25.4. The number of carbonyl (C=O) groups excluding carboxylic acids is 4. The summed E-state index contributed by atoms with van der Waals surface area (Å²) in [5.74, 6) is -1.19.